The van der Waals surface area contributed by atoms with Gasteiger partial charge in [-0.3, -0.25) is 0 Å². The number of rotatable bonds is 15. The number of benzene rings is 8. The monoisotopic (exact) mass is 859 g/mol. The van der Waals surface area contributed by atoms with Gasteiger partial charge in [-0.25, -0.2) is 0 Å². The lowest BCUT2D eigenvalue weighted by Gasteiger charge is -2.33. The van der Waals surface area contributed by atoms with Crippen molar-refractivity contribution >= 4 is 40.2 Å². The van der Waals surface area contributed by atoms with Gasteiger partial charge in [0.2, 0.25) is 0 Å². The van der Waals surface area contributed by atoms with Crippen molar-refractivity contribution in [2.75, 3.05) is 4.90 Å². The van der Waals surface area contributed by atoms with Crippen molar-refractivity contribution in [3.05, 3.63) is 341 Å². The smallest absolute Gasteiger partial charge is 0.0560 e. The lowest BCUT2D eigenvalue weighted by molar-refractivity contribution is 0.781. The molecule has 67 heavy (non-hydrogen) atoms. The second-order valence-electron chi connectivity index (χ2n) is 16.4. The molecule has 1 unspecified atom stereocenters. The van der Waals surface area contributed by atoms with Gasteiger partial charge in [-0.2, -0.15) is 0 Å². The van der Waals surface area contributed by atoms with Crippen LogP contribution in [0.1, 0.15) is 50.9 Å². The summed E-state index contributed by atoms with van der Waals surface area (Å²) in [7, 11) is 0. The number of allylic oxidation sites excluding steroid dienone is 9. The van der Waals surface area contributed by atoms with Crippen molar-refractivity contribution < 1.29 is 0 Å². The first-order valence-corrected chi connectivity index (χ1v) is 23.1. The first-order valence-electron chi connectivity index (χ1n) is 23.1. The van der Waals surface area contributed by atoms with Gasteiger partial charge in [-0.05, 0) is 97.5 Å². The maximum absolute atomic E-state index is 2.46. The molecule has 0 aliphatic heterocycles. The third-order valence-corrected chi connectivity index (χ3v) is 11.9. The highest BCUT2D eigenvalue weighted by Gasteiger charge is 2.20. The van der Waals surface area contributed by atoms with E-state index in [4.69, 9.17) is 0 Å². The van der Waals surface area contributed by atoms with Crippen LogP contribution in [-0.4, -0.2) is 6.04 Å². The molecule has 1 heteroatoms. The van der Waals surface area contributed by atoms with Crippen molar-refractivity contribution in [2.45, 2.75) is 12.5 Å². The highest BCUT2D eigenvalue weighted by atomic mass is 15.2. The molecule has 0 radical (unpaired) electrons. The summed E-state index contributed by atoms with van der Waals surface area (Å²) >= 11 is 0. The van der Waals surface area contributed by atoms with Gasteiger partial charge in [0.05, 0.1) is 6.04 Å². The fraction of sp³-hybridized carbons (Fsp3) is 0.0303. The second-order valence-corrected chi connectivity index (χ2v) is 16.4. The van der Waals surface area contributed by atoms with E-state index in [9.17, 15) is 0 Å². The minimum Gasteiger partial charge on any atom is -0.334 e. The van der Waals surface area contributed by atoms with Gasteiger partial charge in [-0.1, -0.05) is 279 Å². The Morgan fingerprint density at radius 1 is 0.343 bits per heavy atom. The number of hydrogen-bond donors (Lipinski definition) is 0. The second kappa shape index (κ2) is 22.4. The highest BCUT2D eigenvalue weighted by molar-refractivity contribution is 5.83. The summed E-state index contributed by atoms with van der Waals surface area (Å²) < 4.78 is 0. The van der Waals surface area contributed by atoms with Crippen LogP contribution in [-0.2, 0) is 0 Å². The van der Waals surface area contributed by atoms with E-state index in [2.05, 4.69) is 308 Å². The van der Waals surface area contributed by atoms with Gasteiger partial charge in [-0.15, -0.1) is 0 Å². The van der Waals surface area contributed by atoms with E-state index in [0.29, 0.717) is 0 Å². The average Bonchev–Trinajstić information content (AvgIpc) is 3.41. The molecule has 0 amide bonds. The van der Waals surface area contributed by atoms with E-state index in [0.717, 1.165) is 28.9 Å². The molecular weight excluding hydrogens is 807 g/mol. The van der Waals surface area contributed by atoms with Crippen LogP contribution in [0.15, 0.2) is 297 Å². The zero-order chi connectivity index (χ0) is 45.3. The quantitative estimate of drug-likeness (QED) is 0.0929. The Labute approximate surface area is 397 Å². The van der Waals surface area contributed by atoms with Gasteiger partial charge in [0.1, 0.15) is 0 Å². The van der Waals surface area contributed by atoms with Crippen LogP contribution in [0.5, 0.6) is 0 Å². The number of anilines is 2. The molecule has 1 nitrogen and oxygen atoms in total. The zero-order valence-electron chi connectivity index (χ0n) is 37.6. The fourth-order valence-electron chi connectivity index (χ4n) is 8.51. The normalized spacial score (nSPS) is 13.3. The summed E-state index contributed by atoms with van der Waals surface area (Å²) in [5.74, 6) is 0. The molecule has 0 spiro atoms. The van der Waals surface area contributed by atoms with E-state index >= 15 is 0 Å². The van der Waals surface area contributed by atoms with E-state index in [1.165, 1.54) is 55.7 Å². The Balaban J connectivity index is 0.979. The van der Waals surface area contributed by atoms with Crippen molar-refractivity contribution in [2.24, 2.45) is 0 Å². The summed E-state index contributed by atoms with van der Waals surface area (Å²) in [6, 6.07) is 81.6. The summed E-state index contributed by atoms with van der Waals surface area (Å²) in [6.45, 7) is 0. The van der Waals surface area contributed by atoms with E-state index in [1.807, 2.05) is 0 Å². The molecule has 8 aromatic carbocycles. The average molecular weight is 860 g/mol. The van der Waals surface area contributed by atoms with Gasteiger partial charge in [0, 0.05) is 11.4 Å². The zero-order valence-corrected chi connectivity index (χ0v) is 37.6. The van der Waals surface area contributed by atoms with Crippen LogP contribution in [0.2, 0.25) is 0 Å². The van der Waals surface area contributed by atoms with Gasteiger partial charge >= 0.3 is 0 Å². The summed E-state index contributed by atoms with van der Waals surface area (Å²) in [5, 5.41) is 0. The predicted octanol–water partition coefficient (Wildman–Crippen LogP) is 17.1. The lowest BCUT2D eigenvalue weighted by atomic mass is 9.96. The van der Waals surface area contributed by atoms with Gasteiger partial charge < -0.3 is 4.90 Å². The molecule has 8 aromatic rings. The van der Waals surface area contributed by atoms with Crippen LogP contribution < -0.4 is 4.90 Å². The first-order chi connectivity index (χ1) is 33.2. The SMILES string of the molecule is C1=CC(N(c2ccc(/C=C/C=C(c3ccccc3)c3ccccc3)cc2)c2ccc(/C=C/C=C(c3ccccc3)c3ccccc3)cc2)CC=C1/C=C/C=C(c1ccccc1)c1ccccc1. The molecular formula is C66H53N. The van der Waals surface area contributed by atoms with Gasteiger partial charge in [0.25, 0.3) is 0 Å². The molecule has 0 saturated carbocycles. The molecule has 0 aromatic heterocycles. The molecule has 1 aliphatic carbocycles. The van der Waals surface area contributed by atoms with Crippen LogP contribution in [0.25, 0.3) is 28.9 Å². The topological polar surface area (TPSA) is 3.24 Å². The Bertz CT molecular complexity index is 2790. The minimum atomic E-state index is 0.129. The Morgan fingerprint density at radius 2 is 0.642 bits per heavy atom. The maximum Gasteiger partial charge on any atom is 0.0560 e. The molecule has 322 valence electrons. The Hall–Kier alpha value is -8.52. The molecule has 0 fully saturated rings. The molecule has 0 N–H and O–H groups in total. The maximum atomic E-state index is 2.46. The van der Waals surface area contributed by atoms with Crippen LogP contribution in [0.4, 0.5) is 11.4 Å². The predicted molar refractivity (Wildman–Crippen MR) is 288 cm³/mol. The van der Waals surface area contributed by atoms with Crippen LogP contribution in [0, 0.1) is 0 Å². The third kappa shape index (κ3) is 11.6. The highest BCUT2D eigenvalue weighted by Crippen LogP contribution is 2.33. The Kier molecular flexibility index (Phi) is 14.6. The van der Waals surface area contributed by atoms with Crippen molar-refractivity contribution in [3.8, 4) is 0 Å². The molecule has 0 heterocycles. The summed E-state index contributed by atoms with van der Waals surface area (Å²) in [5.41, 5.74) is 16.5. The van der Waals surface area contributed by atoms with E-state index in [-0.39, 0.29) is 6.04 Å². The van der Waals surface area contributed by atoms with Gasteiger partial charge in [0.15, 0.2) is 0 Å². The lowest BCUT2D eigenvalue weighted by Crippen LogP contribution is -2.30. The molecule has 9 rings (SSSR count). The fourth-order valence-corrected chi connectivity index (χ4v) is 8.51. The largest absolute Gasteiger partial charge is 0.334 e. The van der Waals surface area contributed by atoms with Crippen molar-refractivity contribution in [3.63, 3.8) is 0 Å². The van der Waals surface area contributed by atoms with Crippen molar-refractivity contribution in [1.82, 2.24) is 0 Å². The standard InChI is InChI=1S/C66H53N/c1-7-25-55(26-8-1)64(56-27-9-2-10-28-56)37-19-22-52-40-46-61(47-41-52)67(62-48-42-53(43-49-62)23-20-38-65(57-29-11-3-12-30-57)58-31-13-4-14-32-58)63-50-44-54(45-51-63)24-21-39-66(59-33-15-5-16-34-59)60-35-17-6-18-36-60/h1-50,63H,51H2/b22-19+,23-20+,24-21+. The van der Waals surface area contributed by atoms with E-state index in [1.54, 1.807) is 0 Å². The van der Waals surface area contributed by atoms with Crippen molar-refractivity contribution in [1.29, 1.82) is 0 Å². The Morgan fingerprint density at radius 3 is 0.925 bits per heavy atom. The first kappa shape index (κ1) is 43.7. The van der Waals surface area contributed by atoms with E-state index < -0.39 is 0 Å². The number of nitrogens with zero attached hydrogens (tertiary/aromatic N) is 1. The number of hydrogen-bond acceptors (Lipinski definition) is 1. The molecule has 0 bridgehead atoms. The summed E-state index contributed by atoms with van der Waals surface area (Å²) in [6.07, 6.45) is 27.6. The van der Waals surface area contributed by atoms with Crippen LogP contribution in [0.3, 0.4) is 0 Å². The molecule has 1 atom stereocenters. The molecule has 0 saturated heterocycles. The minimum absolute atomic E-state index is 0.129. The third-order valence-electron chi connectivity index (χ3n) is 11.9. The summed E-state index contributed by atoms with van der Waals surface area (Å²) in [4.78, 5) is 2.46. The molecule has 1 aliphatic rings. The van der Waals surface area contributed by atoms with Crippen LogP contribution >= 0.6 is 0 Å².